The Labute approximate surface area is 299 Å². The summed E-state index contributed by atoms with van der Waals surface area (Å²) < 4.78 is 16.2. The van der Waals surface area contributed by atoms with Gasteiger partial charge in [-0.1, -0.05) is 95.9 Å². The van der Waals surface area contributed by atoms with Crippen molar-refractivity contribution in [1.82, 2.24) is 9.13 Å². The Balaban J connectivity index is 1.38. The summed E-state index contributed by atoms with van der Waals surface area (Å²) in [6.45, 7) is 0. The van der Waals surface area contributed by atoms with Crippen molar-refractivity contribution in [2.24, 2.45) is 0 Å². The Morgan fingerprint density at radius 2 is 0.808 bits per heavy atom. The molecule has 0 saturated heterocycles. The van der Waals surface area contributed by atoms with Gasteiger partial charge in [-0.3, -0.25) is 9.15 Å². The minimum atomic E-state index is -0.112. The van der Waals surface area contributed by atoms with E-state index in [1.165, 1.54) is 0 Å². The van der Waals surface area contributed by atoms with Crippen LogP contribution in [0.25, 0.3) is 88.4 Å². The molecule has 0 bridgehead atoms. The zero-order chi connectivity index (χ0) is 35.4. The van der Waals surface area contributed by atoms with Crippen LogP contribution >= 0.6 is 0 Å². The third-order valence-corrected chi connectivity index (χ3v) is 10.6. The van der Waals surface area contributed by atoms with E-state index in [0.717, 1.165) is 66.5 Å². The average Bonchev–Trinajstić information content (AvgIpc) is 3.70. The monoisotopic (exact) mass is 674 g/mol. The fourth-order valence-corrected chi connectivity index (χ4v) is 8.26. The lowest BCUT2D eigenvalue weighted by atomic mass is 9.87. The molecular weight excluding hydrogens is 645 g/mol. The molecule has 10 heteroatoms. The first-order valence-electron chi connectivity index (χ1n) is 17.2. The van der Waals surface area contributed by atoms with Crippen LogP contribution in [0, 0.1) is 0 Å². The summed E-state index contributed by atoms with van der Waals surface area (Å²) >= 11 is 0. The van der Waals surface area contributed by atoms with E-state index in [9.17, 15) is 15.3 Å². The molecule has 0 spiro atoms. The van der Waals surface area contributed by atoms with Crippen LogP contribution in [0.2, 0.25) is 0 Å². The second-order valence-corrected chi connectivity index (χ2v) is 13.6. The summed E-state index contributed by atoms with van der Waals surface area (Å²) in [6, 6.07) is 40.3. The number of nitrogens with zero attached hydrogens (tertiary/aromatic N) is 2. The van der Waals surface area contributed by atoms with E-state index in [1.54, 1.807) is 12.1 Å². The number of benzene rings is 7. The average molecular weight is 674 g/mol. The van der Waals surface area contributed by atoms with Crippen LogP contribution in [-0.2, 0) is 0 Å². The largest absolute Gasteiger partial charge is 0.506 e. The minimum Gasteiger partial charge on any atom is -0.506 e. The lowest BCUT2D eigenvalue weighted by molar-refractivity contribution is 0.0876. The summed E-state index contributed by atoms with van der Waals surface area (Å²) in [5.74, 6) is -0.103. The van der Waals surface area contributed by atoms with Crippen molar-refractivity contribution in [3.8, 4) is 50.9 Å². The van der Waals surface area contributed by atoms with Gasteiger partial charge in [0.1, 0.15) is 29.3 Å². The SMILES string of the molecule is Bc1cc(O)c2ooc3c(O)cc(B)c4c3c3c5c2c1n(-c1ccc(-c2ccccc2)cc1)c5c(B)c(O)c3n4-c1ccc(-c2ccccc2)cc1. The molecular formula is C42H29B3N2O5. The quantitative estimate of drug-likeness (QED) is 0.171. The van der Waals surface area contributed by atoms with Crippen molar-refractivity contribution < 1.29 is 24.5 Å². The van der Waals surface area contributed by atoms with Crippen molar-refractivity contribution in [3.63, 3.8) is 0 Å². The first-order chi connectivity index (χ1) is 25.3. The first-order valence-corrected chi connectivity index (χ1v) is 17.2. The van der Waals surface area contributed by atoms with Crippen LogP contribution in [-0.4, -0.2) is 48.0 Å². The van der Waals surface area contributed by atoms with Gasteiger partial charge in [0.05, 0.1) is 32.8 Å². The molecule has 52 heavy (non-hydrogen) atoms. The van der Waals surface area contributed by atoms with Crippen molar-refractivity contribution >= 4 is 94.7 Å². The summed E-state index contributed by atoms with van der Waals surface area (Å²) in [5, 5.41) is 38.0. The maximum atomic E-state index is 12.5. The number of aromatic nitrogens is 2. The molecule has 3 N–H and O–H groups in total. The van der Waals surface area contributed by atoms with E-state index in [-0.39, 0.29) is 28.4 Å². The second kappa shape index (κ2) is 10.9. The Hall–Kier alpha value is -6.67. The second-order valence-electron chi connectivity index (χ2n) is 13.6. The number of phenols is 3. The molecule has 0 radical (unpaired) electrons. The molecule has 3 aromatic heterocycles. The number of hydrogen-bond acceptors (Lipinski definition) is 5. The van der Waals surface area contributed by atoms with Crippen molar-refractivity contribution in [2.45, 2.75) is 0 Å². The zero-order valence-electron chi connectivity index (χ0n) is 28.6. The zero-order valence-corrected chi connectivity index (χ0v) is 28.6. The Kier molecular flexibility index (Phi) is 6.34. The molecule has 3 heterocycles. The lowest BCUT2D eigenvalue weighted by Gasteiger charge is -2.15. The Morgan fingerprint density at radius 1 is 0.423 bits per heavy atom. The third kappa shape index (κ3) is 4.06. The Morgan fingerprint density at radius 3 is 1.25 bits per heavy atom. The topological polar surface area (TPSA) is 96.8 Å². The van der Waals surface area contributed by atoms with Gasteiger partial charge in [-0.2, -0.15) is 0 Å². The highest BCUT2D eigenvalue weighted by Gasteiger charge is 2.31. The lowest BCUT2D eigenvalue weighted by Crippen LogP contribution is -2.13. The van der Waals surface area contributed by atoms with Crippen molar-refractivity contribution in [2.75, 3.05) is 0 Å². The highest BCUT2D eigenvalue weighted by atomic mass is 17.0. The molecule has 0 atom stereocenters. The number of rotatable bonds is 4. The molecule has 0 unspecified atom stereocenters. The number of aromatic hydroxyl groups is 3. The molecule has 0 fully saturated rings. The molecule has 7 aromatic carbocycles. The molecule has 0 aliphatic rings. The van der Waals surface area contributed by atoms with Gasteiger partial charge in [0.2, 0.25) is 11.2 Å². The van der Waals surface area contributed by atoms with Crippen molar-refractivity contribution in [3.05, 3.63) is 121 Å². The van der Waals surface area contributed by atoms with E-state index >= 15 is 0 Å². The van der Waals surface area contributed by atoms with Gasteiger partial charge in [-0.15, -0.1) is 0 Å². The highest BCUT2D eigenvalue weighted by Crippen LogP contribution is 2.49. The molecule has 7 nitrogen and oxygen atoms in total. The van der Waals surface area contributed by atoms with Crippen LogP contribution in [0.3, 0.4) is 0 Å². The van der Waals surface area contributed by atoms with E-state index in [1.807, 2.05) is 76.6 Å². The van der Waals surface area contributed by atoms with E-state index in [0.29, 0.717) is 27.1 Å². The predicted octanol–water partition coefficient (Wildman–Crippen LogP) is 5.45. The maximum Gasteiger partial charge on any atom is 0.230 e. The Bertz CT molecular complexity index is 2840. The predicted molar refractivity (Wildman–Crippen MR) is 218 cm³/mol. The third-order valence-electron chi connectivity index (χ3n) is 10.6. The van der Waals surface area contributed by atoms with Gasteiger partial charge < -0.3 is 24.5 Å². The molecule has 0 aliphatic heterocycles. The van der Waals surface area contributed by atoms with Gasteiger partial charge in [-0.25, -0.2) is 0 Å². The van der Waals surface area contributed by atoms with Crippen molar-refractivity contribution in [1.29, 1.82) is 0 Å². The summed E-state index contributed by atoms with van der Waals surface area (Å²) in [6.07, 6.45) is 0. The van der Waals surface area contributed by atoms with E-state index in [2.05, 4.69) is 65.2 Å². The van der Waals surface area contributed by atoms with Crippen LogP contribution in [0.1, 0.15) is 0 Å². The van der Waals surface area contributed by atoms with Crippen LogP contribution in [0.5, 0.6) is 17.2 Å². The summed E-state index contributed by atoms with van der Waals surface area (Å²) in [4.78, 5) is 0. The van der Waals surface area contributed by atoms with Crippen LogP contribution < -0.4 is 16.4 Å². The van der Waals surface area contributed by atoms with Gasteiger partial charge in [0, 0.05) is 22.1 Å². The molecule has 0 saturated carbocycles. The summed E-state index contributed by atoms with van der Waals surface area (Å²) in [5.41, 5.74) is 11.5. The molecule has 0 amide bonds. The van der Waals surface area contributed by atoms with E-state index in [4.69, 9.17) is 9.15 Å². The van der Waals surface area contributed by atoms with Crippen LogP contribution in [0.4, 0.5) is 0 Å². The molecule has 246 valence electrons. The standard InChI is InChI=1S/C42H29B3N2O5/c43-27-19-29(48)41-33-31-32-34-37(28(44)20-30(49)42(34)52-51-41)47(26-17-13-24(14-18-26)22-9-5-2-6-10-22)39(32)40(50)35(45)38(31)46(36(27)33)25-15-11-23(12-16-25)21-7-3-1-4-8-21/h1-20,48-50H,43-45H2. The summed E-state index contributed by atoms with van der Waals surface area (Å²) in [7, 11) is 5.82. The minimum absolute atomic E-state index is 0.0930. The van der Waals surface area contributed by atoms with Gasteiger partial charge in [0.15, 0.2) is 11.5 Å². The molecule has 10 aromatic rings. The fourth-order valence-electron chi connectivity index (χ4n) is 8.26. The number of phenolic OH excluding ortho intramolecular Hbond substituents is 3. The number of hydrogen-bond donors (Lipinski definition) is 3. The first kappa shape index (κ1) is 30.2. The highest BCUT2D eigenvalue weighted by molar-refractivity contribution is 6.52. The normalized spacial score (nSPS) is 11.9. The van der Waals surface area contributed by atoms with Gasteiger partial charge in [-0.05, 0) is 64.1 Å². The fraction of sp³-hybridized carbons (Fsp3) is 0. The van der Waals surface area contributed by atoms with Gasteiger partial charge >= 0.3 is 0 Å². The smallest absolute Gasteiger partial charge is 0.230 e. The van der Waals surface area contributed by atoms with Crippen LogP contribution in [0.15, 0.2) is 130 Å². The van der Waals surface area contributed by atoms with E-state index < -0.39 is 0 Å². The maximum absolute atomic E-state index is 12.5. The molecule has 0 aliphatic carbocycles. The molecule has 10 rings (SSSR count). The van der Waals surface area contributed by atoms with Gasteiger partial charge in [0.25, 0.3) is 0 Å².